The van der Waals surface area contributed by atoms with Crippen molar-refractivity contribution in [1.29, 1.82) is 0 Å². The molecule has 0 aliphatic carbocycles. The number of carbonyl (C=O) groups is 1. The normalized spacial score (nSPS) is 13.0. The van der Waals surface area contributed by atoms with Crippen LogP contribution in [0.4, 0.5) is 0 Å². The molecule has 0 amide bonds. The Labute approximate surface area is 246 Å². The van der Waals surface area contributed by atoms with E-state index in [2.05, 4.69) is 25.7 Å². The highest BCUT2D eigenvalue weighted by Crippen LogP contribution is 2.39. The van der Waals surface area contributed by atoms with E-state index >= 15 is 0 Å². The van der Waals surface area contributed by atoms with Crippen molar-refractivity contribution in [2.45, 2.75) is 220 Å². The van der Waals surface area contributed by atoms with Gasteiger partial charge in [0.25, 0.3) is 0 Å². The van der Waals surface area contributed by atoms with E-state index in [1.807, 2.05) is 0 Å². The molecule has 0 aromatic rings. The van der Waals surface area contributed by atoms with Gasteiger partial charge in [-0.25, -0.2) is 4.79 Å². The molecule has 39 heavy (non-hydrogen) atoms. The van der Waals surface area contributed by atoms with Gasteiger partial charge in [0.2, 0.25) is 0 Å². The largest absolute Gasteiger partial charge is 0.348 e. The predicted molar refractivity (Wildman–Crippen MR) is 171 cm³/mol. The van der Waals surface area contributed by atoms with Crippen LogP contribution in [0.1, 0.15) is 220 Å². The van der Waals surface area contributed by atoms with E-state index in [1.165, 1.54) is 161 Å². The van der Waals surface area contributed by atoms with Gasteiger partial charge in [-0.05, 0) is 19.3 Å². The van der Waals surface area contributed by atoms with Gasteiger partial charge in [-0.15, -0.1) is 0 Å². The Morgan fingerprint density at radius 2 is 0.615 bits per heavy atom. The van der Waals surface area contributed by atoms with Gasteiger partial charge in [0.15, 0.2) is 0 Å². The van der Waals surface area contributed by atoms with Gasteiger partial charge in [-0.2, -0.15) is 5.26 Å². The molecule has 0 fully saturated rings. The summed E-state index contributed by atoms with van der Waals surface area (Å²) in [4.78, 5) is 17.3. The number of carbonyl (C=O) groups excluding carboxylic acids is 1. The molecule has 0 aliphatic heterocycles. The Balaban J connectivity index is 4.17. The second-order valence-corrected chi connectivity index (χ2v) is 12.7. The van der Waals surface area contributed by atoms with E-state index < -0.39 is 5.41 Å². The molecule has 0 heterocycles. The summed E-state index contributed by atoms with van der Waals surface area (Å²) < 4.78 is 0. The molecule has 0 saturated heterocycles. The van der Waals surface area contributed by atoms with E-state index in [0.29, 0.717) is 0 Å². The third-order valence-electron chi connectivity index (χ3n) is 9.04. The van der Waals surface area contributed by atoms with Crippen LogP contribution in [0, 0.1) is 5.41 Å². The Morgan fingerprint density at radius 1 is 0.410 bits per heavy atom. The molecule has 0 bridgehead atoms. The van der Waals surface area contributed by atoms with E-state index in [9.17, 15) is 10.1 Å². The van der Waals surface area contributed by atoms with E-state index in [0.717, 1.165) is 38.5 Å². The molecule has 234 valence electrons. The molecule has 0 rings (SSSR count). The van der Waals surface area contributed by atoms with Crippen molar-refractivity contribution in [3.05, 3.63) is 0 Å². The summed E-state index contributed by atoms with van der Waals surface area (Å²) >= 11 is 0. The van der Waals surface area contributed by atoms with Crippen molar-refractivity contribution >= 4 is 5.97 Å². The molecular weight excluding hydrogens is 480 g/mol. The molecule has 0 spiro atoms. The van der Waals surface area contributed by atoms with Crippen LogP contribution in [0.3, 0.4) is 0 Å². The molecule has 1 atom stereocenters. The maximum Gasteiger partial charge on any atom is 0.348 e. The third kappa shape index (κ3) is 23.8. The monoisotopic (exact) mass is 553 g/mol. The summed E-state index contributed by atoms with van der Waals surface area (Å²) in [5, 5.41) is 9.38. The molecule has 1 unspecified atom stereocenters. The number of hydrogen-bond donors (Lipinski definition) is 1. The van der Waals surface area contributed by atoms with Crippen LogP contribution in [0.25, 0.3) is 0 Å². The van der Waals surface area contributed by atoms with Crippen molar-refractivity contribution in [1.82, 2.24) is 0 Å². The van der Waals surface area contributed by atoms with Gasteiger partial charge in [0.1, 0.15) is 0 Å². The maximum absolute atomic E-state index is 12.9. The highest BCUT2D eigenvalue weighted by Gasteiger charge is 2.38. The lowest BCUT2D eigenvalue weighted by atomic mass is 9.74. The fourth-order valence-corrected chi connectivity index (χ4v) is 6.28. The summed E-state index contributed by atoms with van der Waals surface area (Å²) in [6, 6.07) is 0. The Kier molecular flexibility index (Phi) is 29.9. The maximum atomic E-state index is 12.9. The van der Waals surface area contributed by atoms with Gasteiger partial charge in [-0.1, -0.05) is 201 Å². The molecule has 0 aliphatic rings. The zero-order valence-electron chi connectivity index (χ0n) is 27.2. The second-order valence-electron chi connectivity index (χ2n) is 12.7. The summed E-state index contributed by atoms with van der Waals surface area (Å²) in [5.74, 6) is -0.358. The summed E-state index contributed by atoms with van der Waals surface area (Å²) in [5.41, 5.74) is -0.472. The lowest BCUT2D eigenvalue weighted by Gasteiger charge is -2.30. The Hall–Kier alpha value is -0.570. The van der Waals surface area contributed by atoms with Crippen LogP contribution in [-0.2, 0) is 9.68 Å². The first-order valence-electron chi connectivity index (χ1n) is 18.0. The zero-order valence-corrected chi connectivity index (χ0v) is 27.2. The smallest absolute Gasteiger partial charge is 0.300 e. The SMILES string of the molecule is CCCCCCCCCCCCCCCCCCC(CCCCCC)(CCCCCCCCCC)C(=O)OO. The lowest BCUT2D eigenvalue weighted by Crippen LogP contribution is -2.33. The average Bonchev–Trinajstić information content (AvgIpc) is 2.95. The Bertz CT molecular complexity index is 492. The number of unbranched alkanes of at least 4 members (excludes halogenated alkanes) is 25. The fourth-order valence-electron chi connectivity index (χ4n) is 6.28. The Morgan fingerprint density at radius 3 is 0.846 bits per heavy atom. The summed E-state index contributed by atoms with van der Waals surface area (Å²) in [6.07, 6.45) is 39.3. The quantitative estimate of drug-likeness (QED) is 0.0512. The number of hydrogen-bond acceptors (Lipinski definition) is 3. The van der Waals surface area contributed by atoms with Gasteiger partial charge >= 0.3 is 5.97 Å². The first kappa shape index (κ1) is 38.4. The summed E-state index contributed by atoms with van der Waals surface area (Å²) in [7, 11) is 0. The van der Waals surface area contributed by atoms with Crippen LogP contribution in [0.15, 0.2) is 0 Å². The minimum Gasteiger partial charge on any atom is -0.300 e. The van der Waals surface area contributed by atoms with Gasteiger partial charge in [0, 0.05) is 0 Å². The number of rotatable bonds is 32. The van der Waals surface area contributed by atoms with Crippen LogP contribution in [-0.4, -0.2) is 11.2 Å². The van der Waals surface area contributed by atoms with Crippen LogP contribution >= 0.6 is 0 Å². The minimum atomic E-state index is -0.472. The molecule has 1 N–H and O–H groups in total. The topological polar surface area (TPSA) is 46.5 Å². The fraction of sp³-hybridized carbons (Fsp3) is 0.972. The second kappa shape index (κ2) is 30.4. The van der Waals surface area contributed by atoms with E-state index in [1.54, 1.807) is 0 Å². The van der Waals surface area contributed by atoms with Crippen molar-refractivity contribution in [2.75, 3.05) is 0 Å². The van der Waals surface area contributed by atoms with E-state index in [-0.39, 0.29) is 5.97 Å². The van der Waals surface area contributed by atoms with Crippen molar-refractivity contribution in [3.63, 3.8) is 0 Å². The van der Waals surface area contributed by atoms with Crippen LogP contribution in [0.5, 0.6) is 0 Å². The molecule has 0 aromatic heterocycles. The van der Waals surface area contributed by atoms with Crippen molar-refractivity contribution in [2.24, 2.45) is 5.41 Å². The predicted octanol–water partition coefficient (Wildman–Crippen LogP) is 13.1. The van der Waals surface area contributed by atoms with Gasteiger partial charge in [0.05, 0.1) is 5.41 Å². The third-order valence-corrected chi connectivity index (χ3v) is 9.04. The van der Waals surface area contributed by atoms with Gasteiger partial charge in [-0.3, -0.25) is 0 Å². The van der Waals surface area contributed by atoms with Crippen LogP contribution in [0.2, 0.25) is 0 Å². The first-order chi connectivity index (χ1) is 19.2. The zero-order chi connectivity index (χ0) is 28.7. The average molecular weight is 553 g/mol. The highest BCUT2D eigenvalue weighted by atomic mass is 17.1. The molecule has 0 radical (unpaired) electrons. The first-order valence-corrected chi connectivity index (χ1v) is 18.0. The van der Waals surface area contributed by atoms with Crippen molar-refractivity contribution in [3.8, 4) is 0 Å². The molecule has 0 aromatic carbocycles. The highest BCUT2D eigenvalue weighted by molar-refractivity contribution is 5.76. The molecular formula is C36H72O3. The minimum absolute atomic E-state index is 0.358. The molecule has 0 saturated carbocycles. The standard InChI is InChI=1S/C36H72O3/c1-4-7-10-13-15-17-18-19-20-21-22-23-24-26-28-31-34-36(35(37)39-38,32-29-12-9-6-3)33-30-27-25-16-14-11-8-5-2/h38H,4-34H2,1-3H3. The molecule has 3 nitrogen and oxygen atoms in total. The van der Waals surface area contributed by atoms with Crippen molar-refractivity contribution < 1.29 is 14.9 Å². The summed E-state index contributed by atoms with van der Waals surface area (Å²) in [6.45, 7) is 6.78. The van der Waals surface area contributed by atoms with Crippen LogP contribution < -0.4 is 0 Å². The van der Waals surface area contributed by atoms with E-state index in [4.69, 9.17) is 0 Å². The van der Waals surface area contributed by atoms with Gasteiger partial charge < -0.3 is 4.89 Å². The lowest BCUT2D eigenvalue weighted by molar-refractivity contribution is -0.247. The molecule has 3 heteroatoms.